The van der Waals surface area contributed by atoms with Crippen LogP contribution in [0.3, 0.4) is 0 Å². The number of amides is 1. The quantitative estimate of drug-likeness (QED) is 0.480. The van der Waals surface area contributed by atoms with Crippen molar-refractivity contribution in [2.24, 2.45) is 39.9 Å². The molecule has 0 aromatic carbocycles. The summed E-state index contributed by atoms with van der Waals surface area (Å²) in [5.74, 6) is 4.00. The normalized spacial score (nSPS) is 64.6. The maximum absolute atomic E-state index is 12.5. The van der Waals surface area contributed by atoms with Gasteiger partial charge in [-0.15, -0.1) is 0 Å². The van der Waals surface area contributed by atoms with Gasteiger partial charge in [0.05, 0.1) is 0 Å². The number of allylic oxidation sites excluding steroid dienone is 2. The minimum Gasteiger partial charge on any atom is -1.00 e. The number of carbonyl (C=O) groups is 1. The molecule has 8 fully saturated rings. The maximum atomic E-state index is 12.5. The SMILES string of the molecule is CCC1=[Si](C23C4C5CC26C2C5(C(=O)[NH][Ti+2])C26C43)C(C)C=C1.[Cl-].[Cl-]. The molecule has 1 heterocycles. The fourth-order valence-electron chi connectivity index (χ4n) is 9.92. The van der Waals surface area contributed by atoms with E-state index in [9.17, 15) is 4.79 Å². The molecule has 4 bridgehead atoms. The molecule has 8 aliphatic carbocycles. The first-order valence-corrected chi connectivity index (χ1v) is 10.9. The van der Waals surface area contributed by atoms with Crippen LogP contribution in [0.25, 0.3) is 0 Å². The minimum absolute atomic E-state index is 0. The molecule has 23 heavy (non-hydrogen) atoms. The summed E-state index contributed by atoms with van der Waals surface area (Å²) in [5, 5.41) is 2.60. The number of nitrogens with one attached hydrogen (secondary N) is 1. The number of halogens is 2. The Morgan fingerprint density at radius 1 is 1.48 bits per heavy atom. The summed E-state index contributed by atoms with van der Waals surface area (Å²) >= 11 is 1.85. The fraction of sp³-hybridized carbons (Fsp3) is 0.765. The van der Waals surface area contributed by atoms with Crippen molar-refractivity contribution in [1.29, 1.82) is 0 Å². The summed E-state index contributed by atoms with van der Waals surface area (Å²) in [6.45, 7) is 4.84. The van der Waals surface area contributed by atoms with Crippen molar-refractivity contribution in [3.8, 4) is 0 Å². The summed E-state index contributed by atoms with van der Waals surface area (Å²) in [5.41, 5.74) is 2.27. The molecule has 9 rings (SSSR count). The van der Waals surface area contributed by atoms with Gasteiger partial charge in [0, 0.05) is 0 Å². The predicted octanol–water partition coefficient (Wildman–Crippen LogP) is -4.17. The summed E-state index contributed by atoms with van der Waals surface area (Å²) in [6, 6.07) is 0. The second-order valence-electron chi connectivity index (χ2n) is 8.72. The second kappa shape index (κ2) is 3.67. The molecule has 9 unspecified atom stereocenters. The Morgan fingerprint density at radius 2 is 2.22 bits per heavy atom. The van der Waals surface area contributed by atoms with Crippen LogP contribution < -0.4 is 28.6 Å². The van der Waals surface area contributed by atoms with Crippen molar-refractivity contribution in [2.75, 3.05) is 0 Å². The zero-order valence-corrected chi connectivity index (χ0v) is 17.2. The Morgan fingerprint density at radius 3 is 2.70 bits per heavy atom. The van der Waals surface area contributed by atoms with Crippen LogP contribution in [0.2, 0.25) is 10.6 Å². The maximum Gasteiger partial charge on any atom is -1.00 e. The molecule has 1 aliphatic heterocycles. The summed E-state index contributed by atoms with van der Waals surface area (Å²) in [4.78, 5) is 12.5. The van der Waals surface area contributed by atoms with Crippen LogP contribution in [0, 0.1) is 39.9 Å². The van der Waals surface area contributed by atoms with E-state index in [1.54, 1.807) is 0 Å². The van der Waals surface area contributed by atoms with E-state index in [2.05, 4.69) is 29.8 Å². The van der Waals surface area contributed by atoms with Gasteiger partial charge in [0.25, 0.3) is 0 Å². The topological polar surface area (TPSA) is 29.1 Å². The van der Waals surface area contributed by atoms with Crippen molar-refractivity contribution in [2.45, 2.75) is 37.3 Å². The van der Waals surface area contributed by atoms with E-state index >= 15 is 0 Å². The third kappa shape index (κ3) is 0.859. The van der Waals surface area contributed by atoms with Crippen molar-refractivity contribution in [1.82, 2.24) is 3.80 Å². The van der Waals surface area contributed by atoms with Crippen molar-refractivity contribution < 1.29 is 50.3 Å². The monoisotopic (exact) mass is 398 g/mol. The van der Waals surface area contributed by atoms with Crippen LogP contribution in [-0.4, -0.2) is 19.5 Å². The van der Waals surface area contributed by atoms with Crippen molar-refractivity contribution >= 4 is 19.5 Å². The van der Waals surface area contributed by atoms with Crippen LogP contribution >= 0.6 is 0 Å². The van der Waals surface area contributed by atoms with Crippen LogP contribution in [0.15, 0.2) is 12.2 Å². The molecule has 2 spiro atoms. The van der Waals surface area contributed by atoms with Crippen LogP contribution in [0.1, 0.15) is 26.7 Å². The van der Waals surface area contributed by atoms with E-state index in [1.165, 1.54) is 12.8 Å². The first-order valence-electron chi connectivity index (χ1n) is 8.54. The average molecular weight is 399 g/mol. The van der Waals surface area contributed by atoms with E-state index in [0.29, 0.717) is 16.7 Å². The molecule has 0 aromatic rings. The standard InChI is InChI=1S/C17H19NOSi.2ClH.Ti/c1-3-8-5-4-7(2)20(8)17-10-9-6-14(17)12-15(9,13(18)19)16(12,14)11(10)17;;;/h4-5,7,9-12H,3,6H2,1-2H3,(H2,18,19);2*1H;/q;;;+3/p-3. The van der Waals surface area contributed by atoms with E-state index in [4.69, 9.17) is 0 Å². The van der Waals surface area contributed by atoms with Gasteiger partial charge in [-0.1, -0.05) is 0 Å². The van der Waals surface area contributed by atoms with Gasteiger partial charge in [0.15, 0.2) is 0 Å². The van der Waals surface area contributed by atoms with Gasteiger partial charge < -0.3 is 24.8 Å². The third-order valence-corrected chi connectivity index (χ3v) is 14.1. The zero-order chi connectivity index (χ0) is 14.2. The first-order chi connectivity index (χ1) is 10.1. The van der Waals surface area contributed by atoms with Gasteiger partial charge in [0.2, 0.25) is 0 Å². The number of carbonyl (C=O) groups excluding carboxylic acids is 1. The number of hydrogen-bond acceptors (Lipinski definition) is 1. The number of rotatable bonds is 3. The van der Waals surface area contributed by atoms with Gasteiger partial charge in [-0.2, -0.15) is 0 Å². The van der Waals surface area contributed by atoms with E-state index in [1.807, 2.05) is 25.9 Å². The molecular weight excluding hydrogens is 381 g/mol. The van der Waals surface area contributed by atoms with Gasteiger partial charge in [0.1, 0.15) is 0 Å². The summed E-state index contributed by atoms with van der Waals surface area (Å²) in [6.07, 6.45) is 7.70. The second-order valence-corrected chi connectivity index (χ2v) is 12.3. The Labute approximate surface area is 162 Å². The fourth-order valence-corrected chi connectivity index (χ4v) is 15.4. The summed E-state index contributed by atoms with van der Waals surface area (Å²) < 4.78 is 3.01. The average Bonchev–Trinajstić information content (AvgIpc) is 3.29. The van der Waals surface area contributed by atoms with Crippen LogP contribution in [0.5, 0.6) is 0 Å². The van der Waals surface area contributed by atoms with Crippen molar-refractivity contribution in [3.63, 3.8) is 0 Å². The van der Waals surface area contributed by atoms with E-state index in [-0.39, 0.29) is 38.6 Å². The van der Waals surface area contributed by atoms with E-state index in [0.717, 1.165) is 34.3 Å². The molecule has 6 heteroatoms. The minimum atomic E-state index is -0.371. The first kappa shape index (κ1) is 15.8. The summed E-state index contributed by atoms with van der Waals surface area (Å²) in [7, 11) is -0.371. The largest absolute Gasteiger partial charge is 1.00 e. The van der Waals surface area contributed by atoms with Crippen LogP contribution in [-0.2, 0) is 25.5 Å². The molecule has 2 nitrogen and oxygen atoms in total. The molecule has 0 saturated heterocycles. The molecule has 9 atom stereocenters. The Kier molecular flexibility index (Phi) is 2.52. The molecule has 1 amide bonds. The molecular formula is C17H18Cl2NOSiTi. The molecule has 8 saturated carbocycles. The van der Waals surface area contributed by atoms with Crippen LogP contribution in [0.4, 0.5) is 0 Å². The smallest absolute Gasteiger partial charge is 1.00 e. The molecule has 9 aliphatic rings. The predicted molar refractivity (Wildman–Crippen MR) is 76.3 cm³/mol. The molecule has 1 N–H and O–H groups in total. The van der Waals surface area contributed by atoms with Gasteiger partial charge in [-0.05, 0) is 0 Å². The third-order valence-electron chi connectivity index (χ3n) is 9.42. The number of hydrogen-bond donors (Lipinski definition) is 1. The molecule has 119 valence electrons. The Balaban J connectivity index is 0.000000607. The Hall–Kier alpha value is 0.591. The Bertz CT molecular complexity index is 779. The molecule has 0 radical (unpaired) electrons. The zero-order valence-electron chi connectivity index (χ0n) is 13.1. The van der Waals surface area contributed by atoms with Gasteiger partial charge in [-0.25, -0.2) is 0 Å². The van der Waals surface area contributed by atoms with Crippen molar-refractivity contribution in [3.05, 3.63) is 12.2 Å². The van der Waals surface area contributed by atoms with Gasteiger partial charge >= 0.3 is 138 Å². The van der Waals surface area contributed by atoms with E-state index < -0.39 is 0 Å². The van der Waals surface area contributed by atoms with Gasteiger partial charge in [-0.3, -0.25) is 0 Å². The molecule has 0 aromatic heterocycles.